The van der Waals surface area contributed by atoms with Crippen molar-refractivity contribution in [1.29, 1.82) is 0 Å². The van der Waals surface area contributed by atoms with Crippen LogP contribution >= 0.6 is 11.6 Å². The van der Waals surface area contributed by atoms with Gasteiger partial charge in [-0.05, 0) is 61.2 Å². The third-order valence-corrected chi connectivity index (χ3v) is 9.55. The molecule has 2 aromatic heterocycles. The van der Waals surface area contributed by atoms with Gasteiger partial charge in [0.1, 0.15) is 5.02 Å². The molecule has 0 radical (unpaired) electrons. The van der Waals surface area contributed by atoms with Crippen LogP contribution in [-0.2, 0) is 27.9 Å². The monoisotopic (exact) mass is 627 g/mol. The van der Waals surface area contributed by atoms with E-state index in [-0.39, 0.29) is 23.8 Å². The number of hydrogen-bond donors (Lipinski definition) is 2. The molecule has 0 aliphatic carbocycles. The van der Waals surface area contributed by atoms with Gasteiger partial charge in [0.15, 0.2) is 5.82 Å². The number of rotatable bonds is 6. The number of benzene rings is 2. The van der Waals surface area contributed by atoms with Crippen LogP contribution in [0.4, 0.5) is 28.8 Å². The predicted molar refractivity (Wildman–Crippen MR) is 173 cm³/mol. The summed E-state index contributed by atoms with van der Waals surface area (Å²) < 4.78 is 1.82. The van der Waals surface area contributed by atoms with Crippen molar-refractivity contribution < 1.29 is 14.4 Å². The van der Waals surface area contributed by atoms with Crippen molar-refractivity contribution in [3.05, 3.63) is 58.9 Å². The Kier molecular flexibility index (Phi) is 7.31. The summed E-state index contributed by atoms with van der Waals surface area (Å²) in [6.07, 6.45) is 4.64. The number of aryl methyl sites for hydroxylation is 1. The molecule has 3 amide bonds. The first kappa shape index (κ1) is 29.0. The second-order valence-corrected chi connectivity index (χ2v) is 12.4. The van der Waals surface area contributed by atoms with Gasteiger partial charge < -0.3 is 20.0 Å². The summed E-state index contributed by atoms with van der Waals surface area (Å²) in [6.45, 7) is 1.72. The van der Waals surface area contributed by atoms with Crippen LogP contribution in [0.3, 0.4) is 0 Å². The van der Waals surface area contributed by atoms with Gasteiger partial charge in [-0.1, -0.05) is 11.6 Å². The molecule has 2 saturated heterocycles. The molecule has 4 aromatic rings. The normalized spacial score (nSPS) is 18.8. The average molecular weight is 628 g/mol. The van der Waals surface area contributed by atoms with E-state index < -0.39 is 5.92 Å². The number of piperidine rings is 2. The summed E-state index contributed by atoms with van der Waals surface area (Å²) in [6, 6.07) is 12.3. The lowest BCUT2D eigenvalue weighted by molar-refractivity contribution is -0.134. The third-order valence-electron chi connectivity index (χ3n) is 9.28. The minimum absolute atomic E-state index is 0.0774. The van der Waals surface area contributed by atoms with E-state index in [9.17, 15) is 14.4 Å². The maximum Gasteiger partial charge on any atom is 0.235 e. The molecule has 5 heterocycles. The van der Waals surface area contributed by atoms with Crippen molar-refractivity contribution >= 4 is 69.1 Å². The highest BCUT2D eigenvalue weighted by atomic mass is 35.5. The highest BCUT2D eigenvalue weighted by Gasteiger charge is 2.32. The van der Waals surface area contributed by atoms with Gasteiger partial charge in [-0.2, -0.15) is 10.1 Å². The number of imide groups is 1. The molecule has 0 saturated carbocycles. The average Bonchev–Trinajstić information content (AvgIpc) is 3.51. The van der Waals surface area contributed by atoms with E-state index in [2.05, 4.69) is 42.6 Å². The molecule has 3 aliphatic rings. The molecule has 45 heavy (non-hydrogen) atoms. The summed E-state index contributed by atoms with van der Waals surface area (Å²) in [5.74, 6) is 0.265. The van der Waals surface area contributed by atoms with Crippen LogP contribution < -0.4 is 25.3 Å². The largest absolute Gasteiger partial charge is 0.371 e. The maximum absolute atomic E-state index is 12.5. The standard InChI is InChI=1S/C32H34ClN9O3/c1-39(32-34-17-24(33)30(37-32)35-19-4-8-25-18(14-19)15-28(44)40(25)2)20-10-12-42(13-11-20)21-5-6-22-26(16-21)41(3)38-29(22)23-7-9-27(43)36-31(23)45/h4-6,8,14,16-17,20,23H,7,9-13,15H2,1-3H3,(H,34,35,37)(H,36,43,45). The number of nitrogens with one attached hydrogen (secondary N) is 2. The van der Waals surface area contributed by atoms with Gasteiger partial charge in [0.25, 0.3) is 0 Å². The van der Waals surface area contributed by atoms with Crippen molar-refractivity contribution in [2.75, 3.05) is 47.2 Å². The molecular weight excluding hydrogens is 594 g/mol. The van der Waals surface area contributed by atoms with Crippen LogP contribution in [-0.4, -0.2) is 70.7 Å². The molecular formula is C32H34ClN9O3. The second kappa shape index (κ2) is 11.3. The summed E-state index contributed by atoms with van der Waals surface area (Å²) in [5.41, 5.74) is 5.50. The molecule has 13 heteroatoms. The van der Waals surface area contributed by atoms with Crippen LogP contribution in [0.5, 0.6) is 0 Å². The molecule has 1 atom stereocenters. The first-order valence-corrected chi connectivity index (χ1v) is 15.5. The number of nitrogens with zero attached hydrogens (tertiary/aromatic N) is 7. The second-order valence-electron chi connectivity index (χ2n) is 12.0. The number of fused-ring (bicyclic) bond motifs is 2. The van der Waals surface area contributed by atoms with Crippen LogP contribution in [0.1, 0.15) is 42.9 Å². The van der Waals surface area contributed by atoms with Gasteiger partial charge in [-0.15, -0.1) is 0 Å². The van der Waals surface area contributed by atoms with Gasteiger partial charge >= 0.3 is 0 Å². The fourth-order valence-corrected chi connectivity index (χ4v) is 6.80. The molecule has 0 bridgehead atoms. The molecule has 3 aliphatic heterocycles. The first-order valence-electron chi connectivity index (χ1n) is 15.1. The lowest BCUT2D eigenvalue weighted by Gasteiger charge is -2.38. The van der Waals surface area contributed by atoms with Gasteiger partial charge in [-0.25, -0.2) is 4.98 Å². The molecule has 2 fully saturated rings. The van der Waals surface area contributed by atoms with Crippen molar-refractivity contribution in [3.8, 4) is 0 Å². The molecule has 2 aromatic carbocycles. The zero-order valence-electron chi connectivity index (χ0n) is 25.4. The van der Waals surface area contributed by atoms with Gasteiger partial charge in [0, 0.05) is 69.1 Å². The fourth-order valence-electron chi connectivity index (χ4n) is 6.66. The Morgan fingerprint density at radius 3 is 2.62 bits per heavy atom. The van der Waals surface area contributed by atoms with Crippen LogP contribution in [0.25, 0.3) is 10.9 Å². The lowest BCUT2D eigenvalue weighted by Crippen LogP contribution is -2.44. The van der Waals surface area contributed by atoms with Crippen LogP contribution in [0.15, 0.2) is 42.6 Å². The van der Waals surface area contributed by atoms with E-state index in [0.29, 0.717) is 36.1 Å². The Morgan fingerprint density at radius 2 is 1.84 bits per heavy atom. The van der Waals surface area contributed by atoms with Gasteiger partial charge in [-0.3, -0.25) is 24.4 Å². The Labute approximate surface area is 265 Å². The van der Waals surface area contributed by atoms with Crippen molar-refractivity contribution in [3.63, 3.8) is 0 Å². The number of aromatic nitrogens is 4. The van der Waals surface area contributed by atoms with E-state index in [1.807, 2.05) is 43.0 Å². The van der Waals surface area contributed by atoms with Crippen LogP contribution in [0.2, 0.25) is 5.02 Å². The van der Waals surface area contributed by atoms with E-state index in [0.717, 1.165) is 65.2 Å². The van der Waals surface area contributed by atoms with E-state index in [4.69, 9.17) is 16.6 Å². The summed E-state index contributed by atoms with van der Waals surface area (Å²) in [4.78, 5) is 51.7. The van der Waals surface area contributed by atoms with Gasteiger partial charge in [0.05, 0.1) is 29.7 Å². The molecule has 1 unspecified atom stereocenters. The summed E-state index contributed by atoms with van der Waals surface area (Å²) in [5, 5.41) is 11.8. The maximum atomic E-state index is 12.5. The zero-order chi connectivity index (χ0) is 31.4. The first-order chi connectivity index (χ1) is 21.7. The number of carbonyl (C=O) groups excluding carboxylic acids is 3. The minimum atomic E-state index is -0.421. The van der Waals surface area contributed by atoms with Crippen molar-refractivity contribution in [2.45, 2.75) is 44.1 Å². The quantitative estimate of drug-likeness (QED) is 0.306. The molecule has 232 valence electrons. The number of anilines is 5. The summed E-state index contributed by atoms with van der Waals surface area (Å²) >= 11 is 6.48. The molecule has 7 rings (SSSR count). The number of carbonyl (C=O) groups is 3. The predicted octanol–water partition coefficient (Wildman–Crippen LogP) is 3.90. The number of halogens is 1. The number of amides is 3. The topological polar surface area (TPSA) is 129 Å². The van der Waals surface area contributed by atoms with Crippen LogP contribution in [0, 0.1) is 0 Å². The zero-order valence-corrected chi connectivity index (χ0v) is 26.1. The molecule has 12 nitrogen and oxygen atoms in total. The fraction of sp³-hybridized carbons (Fsp3) is 0.375. The van der Waals surface area contributed by atoms with Gasteiger partial charge in [0.2, 0.25) is 23.7 Å². The number of hydrogen-bond acceptors (Lipinski definition) is 9. The van der Waals surface area contributed by atoms with E-state index in [1.54, 1.807) is 18.1 Å². The lowest BCUT2D eigenvalue weighted by atomic mass is 9.92. The van der Waals surface area contributed by atoms with E-state index in [1.165, 1.54) is 0 Å². The van der Waals surface area contributed by atoms with Crippen molar-refractivity contribution in [1.82, 2.24) is 25.1 Å². The Morgan fingerprint density at radius 1 is 1.04 bits per heavy atom. The minimum Gasteiger partial charge on any atom is -0.371 e. The Hall–Kier alpha value is -4.71. The highest BCUT2D eigenvalue weighted by Crippen LogP contribution is 2.35. The summed E-state index contributed by atoms with van der Waals surface area (Å²) in [7, 11) is 5.69. The molecule has 2 N–H and O–H groups in total. The Balaban J connectivity index is 1.02. The Bertz CT molecular complexity index is 1850. The third kappa shape index (κ3) is 5.33. The SMILES string of the molecule is CN1C(=O)Cc2cc(Nc3nc(N(C)C4CCN(c5ccc6c(C7CCC(=O)NC7=O)nn(C)c6c5)CC4)ncc3Cl)ccc21. The van der Waals surface area contributed by atoms with Crippen molar-refractivity contribution in [2.24, 2.45) is 7.05 Å². The number of likely N-dealkylation sites (N-methyl/N-ethyl adjacent to an activating group) is 1. The van der Waals surface area contributed by atoms with E-state index >= 15 is 0 Å². The molecule has 0 spiro atoms. The highest BCUT2D eigenvalue weighted by molar-refractivity contribution is 6.32. The smallest absolute Gasteiger partial charge is 0.235 e.